The number of hydrogen-bond acceptors (Lipinski definition) is 5. The summed E-state index contributed by atoms with van der Waals surface area (Å²) in [6, 6.07) is 0. The second kappa shape index (κ2) is 5.30. The van der Waals surface area contributed by atoms with Gasteiger partial charge in [0.05, 0.1) is 5.56 Å². The van der Waals surface area contributed by atoms with E-state index in [0.29, 0.717) is 6.54 Å². The minimum atomic E-state index is -4.69. The van der Waals surface area contributed by atoms with Crippen LogP contribution in [0.25, 0.3) is 0 Å². The Balaban J connectivity index is 3.26. The van der Waals surface area contributed by atoms with E-state index in [0.717, 1.165) is 13.1 Å². The van der Waals surface area contributed by atoms with Crippen LogP contribution in [0.2, 0.25) is 0 Å². The number of nitrogens with two attached hydrogens (primary N) is 1. The third-order valence-corrected chi connectivity index (χ3v) is 2.23. The van der Waals surface area contributed by atoms with E-state index in [1.807, 2.05) is 0 Å². The predicted molar refractivity (Wildman–Crippen MR) is 59.4 cm³/mol. The lowest BCUT2D eigenvalue weighted by molar-refractivity contribution is -0.141. The number of nitrogens with zero attached hydrogens (tertiary/aromatic N) is 3. The second-order valence-corrected chi connectivity index (χ2v) is 3.70. The number of carbonyl (C=O) groups excluding carboxylic acids is 1. The molecular formula is C10H13F3N4O. The lowest BCUT2D eigenvalue weighted by Crippen LogP contribution is -2.28. The fourth-order valence-electron chi connectivity index (χ4n) is 1.32. The van der Waals surface area contributed by atoms with E-state index in [1.54, 1.807) is 0 Å². The van der Waals surface area contributed by atoms with Crippen LogP contribution >= 0.6 is 0 Å². The highest BCUT2D eigenvalue weighted by atomic mass is 19.4. The van der Waals surface area contributed by atoms with E-state index >= 15 is 0 Å². The van der Waals surface area contributed by atoms with Crippen molar-refractivity contribution in [3.63, 3.8) is 0 Å². The van der Waals surface area contributed by atoms with Crippen LogP contribution in [0.4, 0.5) is 19.1 Å². The van der Waals surface area contributed by atoms with Gasteiger partial charge in [-0.05, 0) is 6.92 Å². The van der Waals surface area contributed by atoms with Gasteiger partial charge in [-0.1, -0.05) is 0 Å². The number of rotatable bonds is 4. The number of ketones is 1. The van der Waals surface area contributed by atoms with Gasteiger partial charge >= 0.3 is 6.18 Å². The first-order valence-corrected chi connectivity index (χ1v) is 5.13. The van der Waals surface area contributed by atoms with Crippen molar-refractivity contribution in [2.24, 2.45) is 5.73 Å². The molecule has 0 fully saturated rings. The zero-order chi connectivity index (χ0) is 13.9. The first-order chi connectivity index (χ1) is 8.27. The summed E-state index contributed by atoms with van der Waals surface area (Å²) in [7, 11) is 1.52. The van der Waals surface area contributed by atoms with Gasteiger partial charge < -0.3 is 10.6 Å². The molecule has 0 aliphatic rings. The standard InChI is InChI=1S/C10H13F3N4O/c1-6(18)7-5-15-9(17(2)4-3-14)16-8(7)10(11,12)13/h5H,3-4,14H2,1-2H3. The molecule has 0 radical (unpaired) electrons. The minimum Gasteiger partial charge on any atom is -0.343 e. The van der Waals surface area contributed by atoms with Gasteiger partial charge in [0.25, 0.3) is 0 Å². The maximum atomic E-state index is 12.8. The molecule has 0 unspecified atom stereocenters. The SMILES string of the molecule is CC(=O)c1cnc(N(C)CCN)nc1C(F)(F)F. The zero-order valence-electron chi connectivity index (χ0n) is 9.95. The Morgan fingerprint density at radius 1 is 1.50 bits per heavy atom. The van der Waals surface area contributed by atoms with Crippen LogP contribution in [-0.4, -0.2) is 35.9 Å². The number of Topliss-reactive ketones (excluding diaryl/α,β-unsaturated/α-hetero) is 1. The van der Waals surface area contributed by atoms with Crippen LogP contribution in [-0.2, 0) is 6.18 Å². The van der Waals surface area contributed by atoms with Crippen molar-refractivity contribution in [1.29, 1.82) is 0 Å². The Morgan fingerprint density at radius 3 is 2.56 bits per heavy atom. The summed E-state index contributed by atoms with van der Waals surface area (Å²) in [5.41, 5.74) is 3.54. The molecule has 1 aromatic heterocycles. The Labute approximate surface area is 102 Å². The molecule has 100 valence electrons. The molecule has 0 aliphatic heterocycles. The Hall–Kier alpha value is -1.70. The monoisotopic (exact) mass is 262 g/mol. The highest BCUT2D eigenvalue weighted by Crippen LogP contribution is 2.31. The van der Waals surface area contributed by atoms with Crippen molar-refractivity contribution in [2.45, 2.75) is 13.1 Å². The Morgan fingerprint density at radius 2 is 2.11 bits per heavy atom. The minimum absolute atomic E-state index is 0.113. The number of likely N-dealkylation sites (N-methyl/N-ethyl adjacent to an activating group) is 1. The molecule has 1 aromatic rings. The van der Waals surface area contributed by atoms with Crippen LogP contribution in [0.3, 0.4) is 0 Å². The average molecular weight is 262 g/mol. The quantitative estimate of drug-likeness (QED) is 0.822. The highest BCUT2D eigenvalue weighted by Gasteiger charge is 2.37. The molecule has 0 bridgehead atoms. The van der Waals surface area contributed by atoms with Gasteiger partial charge in [0, 0.05) is 26.3 Å². The molecule has 0 aliphatic carbocycles. The summed E-state index contributed by atoms with van der Waals surface area (Å²) in [5, 5.41) is 0. The fourth-order valence-corrected chi connectivity index (χ4v) is 1.32. The lowest BCUT2D eigenvalue weighted by Gasteiger charge is -2.18. The van der Waals surface area contributed by atoms with E-state index in [-0.39, 0.29) is 12.5 Å². The summed E-state index contributed by atoms with van der Waals surface area (Å²) in [4.78, 5) is 19.6. The van der Waals surface area contributed by atoms with Crippen LogP contribution in [0.5, 0.6) is 0 Å². The highest BCUT2D eigenvalue weighted by molar-refractivity contribution is 5.95. The third-order valence-electron chi connectivity index (χ3n) is 2.23. The van der Waals surface area contributed by atoms with Gasteiger partial charge in [0.15, 0.2) is 11.5 Å². The molecule has 0 aromatic carbocycles. The summed E-state index contributed by atoms with van der Waals surface area (Å²) >= 11 is 0. The van der Waals surface area contributed by atoms with Crippen LogP contribution in [0, 0.1) is 0 Å². The number of hydrogen-bond donors (Lipinski definition) is 1. The molecule has 0 amide bonds. The molecule has 8 heteroatoms. The van der Waals surface area contributed by atoms with Crippen molar-refractivity contribution in [2.75, 3.05) is 25.0 Å². The number of anilines is 1. The molecule has 1 rings (SSSR count). The van der Waals surface area contributed by atoms with Gasteiger partial charge in [-0.2, -0.15) is 13.2 Å². The van der Waals surface area contributed by atoms with Crippen LogP contribution < -0.4 is 10.6 Å². The molecule has 1 heterocycles. The number of carbonyl (C=O) groups is 1. The lowest BCUT2D eigenvalue weighted by atomic mass is 10.1. The van der Waals surface area contributed by atoms with E-state index in [1.165, 1.54) is 11.9 Å². The summed E-state index contributed by atoms with van der Waals surface area (Å²) in [6.45, 7) is 1.61. The summed E-state index contributed by atoms with van der Waals surface area (Å²) < 4.78 is 38.3. The van der Waals surface area contributed by atoms with Gasteiger partial charge in [-0.15, -0.1) is 0 Å². The van der Waals surface area contributed by atoms with Crippen LogP contribution in [0.1, 0.15) is 23.0 Å². The smallest absolute Gasteiger partial charge is 0.343 e. The Bertz CT molecular complexity index is 447. The van der Waals surface area contributed by atoms with Crippen molar-refractivity contribution >= 4 is 11.7 Å². The molecule has 5 nitrogen and oxygen atoms in total. The van der Waals surface area contributed by atoms with Gasteiger partial charge in [-0.25, -0.2) is 9.97 Å². The maximum Gasteiger partial charge on any atom is 0.434 e. The molecule has 2 N–H and O–H groups in total. The van der Waals surface area contributed by atoms with E-state index < -0.39 is 23.2 Å². The predicted octanol–water partition coefficient (Wildman–Crippen LogP) is 1.09. The largest absolute Gasteiger partial charge is 0.434 e. The number of alkyl halides is 3. The molecule has 0 saturated carbocycles. The van der Waals surface area contributed by atoms with Gasteiger partial charge in [0.2, 0.25) is 5.95 Å². The van der Waals surface area contributed by atoms with Gasteiger partial charge in [-0.3, -0.25) is 4.79 Å². The molecular weight excluding hydrogens is 249 g/mol. The van der Waals surface area contributed by atoms with E-state index in [2.05, 4.69) is 9.97 Å². The summed E-state index contributed by atoms with van der Waals surface area (Å²) in [5.74, 6) is -0.840. The molecule has 0 spiro atoms. The first kappa shape index (κ1) is 14.4. The second-order valence-electron chi connectivity index (χ2n) is 3.70. The van der Waals surface area contributed by atoms with Crippen LogP contribution in [0.15, 0.2) is 6.20 Å². The number of aromatic nitrogens is 2. The Kier molecular flexibility index (Phi) is 4.23. The third kappa shape index (κ3) is 3.16. The number of halogens is 3. The normalized spacial score (nSPS) is 11.4. The van der Waals surface area contributed by atoms with Crippen molar-refractivity contribution < 1.29 is 18.0 Å². The van der Waals surface area contributed by atoms with Crippen molar-refractivity contribution in [3.05, 3.63) is 17.5 Å². The average Bonchev–Trinajstić information content (AvgIpc) is 2.27. The molecule has 18 heavy (non-hydrogen) atoms. The van der Waals surface area contributed by atoms with E-state index in [9.17, 15) is 18.0 Å². The topological polar surface area (TPSA) is 72.1 Å². The van der Waals surface area contributed by atoms with E-state index in [4.69, 9.17) is 5.73 Å². The van der Waals surface area contributed by atoms with Crippen molar-refractivity contribution in [1.82, 2.24) is 9.97 Å². The zero-order valence-corrected chi connectivity index (χ0v) is 9.95. The van der Waals surface area contributed by atoms with Gasteiger partial charge in [0.1, 0.15) is 0 Å². The summed E-state index contributed by atoms with van der Waals surface area (Å²) in [6.07, 6.45) is -3.80. The maximum absolute atomic E-state index is 12.8. The van der Waals surface area contributed by atoms with Crippen molar-refractivity contribution in [3.8, 4) is 0 Å². The fraction of sp³-hybridized carbons (Fsp3) is 0.500. The molecule has 0 saturated heterocycles. The first-order valence-electron chi connectivity index (χ1n) is 5.13. The molecule has 0 atom stereocenters.